The molecule has 0 atom stereocenters. The Morgan fingerprint density at radius 2 is 1.84 bits per heavy atom. The monoisotopic (exact) mass is 264 g/mol. The first-order valence-corrected chi connectivity index (χ1v) is 6.07. The quantitative estimate of drug-likeness (QED) is 0.649. The van der Waals surface area contributed by atoms with Gasteiger partial charge in [0.15, 0.2) is 0 Å². The predicted molar refractivity (Wildman–Crippen MR) is 67.9 cm³/mol. The zero-order chi connectivity index (χ0) is 14.4. The van der Waals surface area contributed by atoms with Crippen LogP contribution in [0.25, 0.3) is 0 Å². The van der Waals surface area contributed by atoms with Crippen LogP contribution in [0.15, 0.2) is 18.2 Å². The highest BCUT2D eigenvalue weighted by Gasteiger charge is 2.19. The predicted octanol–water partition coefficient (Wildman–Crippen LogP) is 1.97. The zero-order valence-electron chi connectivity index (χ0n) is 10.9. The fourth-order valence-corrected chi connectivity index (χ4v) is 1.89. The van der Waals surface area contributed by atoms with Gasteiger partial charge in [-0.15, -0.1) is 0 Å². The van der Waals surface area contributed by atoms with Crippen molar-refractivity contribution in [3.05, 3.63) is 34.9 Å². The number of aliphatic carboxylic acids is 1. The number of hydrogen-bond acceptors (Lipinski definition) is 4. The van der Waals surface area contributed by atoms with E-state index in [4.69, 9.17) is 5.11 Å². The van der Waals surface area contributed by atoms with Crippen molar-refractivity contribution in [2.45, 2.75) is 33.1 Å². The summed E-state index contributed by atoms with van der Waals surface area (Å²) < 4.78 is 4.53. The molecule has 0 aliphatic heterocycles. The fraction of sp³-hybridized carbons (Fsp3) is 0.357. The van der Waals surface area contributed by atoms with Gasteiger partial charge >= 0.3 is 17.9 Å². The Labute approximate surface area is 111 Å². The summed E-state index contributed by atoms with van der Waals surface area (Å²) in [7, 11) is 0. The minimum atomic E-state index is -1.32. The van der Waals surface area contributed by atoms with E-state index in [1.54, 1.807) is 12.1 Å². The summed E-state index contributed by atoms with van der Waals surface area (Å²) in [6, 6.07) is 5.21. The number of carboxylic acid groups (broad SMARTS) is 1. The molecule has 5 heteroatoms. The van der Waals surface area contributed by atoms with E-state index in [0.717, 1.165) is 17.5 Å². The van der Waals surface area contributed by atoms with Crippen LogP contribution in [0.5, 0.6) is 0 Å². The van der Waals surface area contributed by atoms with Crippen molar-refractivity contribution in [2.75, 3.05) is 0 Å². The topological polar surface area (TPSA) is 80.7 Å². The Bertz CT molecular complexity index is 505. The summed E-state index contributed by atoms with van der Waals surface area (Å²) in [6.07, 6.45) is 0.593. The van der Waals surface area contributed by atoms with Crippen LogP contribution in [-0.4, -0.2) is 23.0 Å². The van der Waals surface area contributed by atoms with Gasteiger partial charge in [0.05, 0.1) is 5.56 Å². The third-order valence-corrected chi connectivity index (χ3v) is 2.73. The molecule has 102 valence electrons. The number of esters is 2. The molecular formula is C14H16O5. The van der Waals surface area contributed by atoms with Gasteiger partial charge in [0.1, 0.15) is 6.42 Å². The summed E-state index contributed by atoms with van der Waals surface area (Å²) in [4.78, 5) is 33.4. The maximum Gasteiger partial charge on any atom is 0.346 e. The van der Waals surface area contributed by atoms with Crippen LogP contribution < -0.4 is 0 Å². The zero-order valence-corrected chi connectivity index (χ0v) is 10.9. The van der Waals surface area contributed by atoms with E-state index >= 15 is 0 Å². The Morgan fingerprint density at radius 3 is 2.37 bits per heavy atom. The van der Waals surface area contributed by atoms with Crippen LogP contribution in [0.4, 0.5) is 0 Å². The number of hydrogen-bond donors (Lipinski definition) is 1. The molecule has 0 aromatic heterocycles. The molecule has 0 aliphatic rings. The van der Waals surface area contributed by atoms with Crippen molar-refractivity contribution in [2.24, 2.45) is 0 Å². The maximum atomic E-state index is 11.8. The molecular weight excluding hydrogens is 248 g/mol. The van der Waals surface area contributed by atoms with Gasteiger partial charge in [-0.1, -0.05) is 26.0 Å². The molecule has 0 saturated carbocycles. The Morgan fingerprint density at radius 1 is 1.16 bits per heavy atom. The van der Waals surface area contributed by atoms with Crippen molar-refractivity contribution < 1.29 is 24.2 Å². The van der Waals surface area contributed by atoms with Crippen molar-refractivity contribution in [3.8, 4) is 0 Å². The van der Waals surface area contributed by atoms with Gasteiger partial charge in [0.2, 0.25) is 0 Å². The Hall–Kier alpha value is -2.17. The lowest BCUT2D eigenvalue weighted by molar-refractivity contribution is -0.147. The highest BCUT2D eigenvalue weighted by atomic mass is 16.6. The molecule has 0 fully saturated rings. The molecule has 0 bridgehead atoms. The summed E-state index contributed by atoms with van der Waals surface area (Å²) in [5, 5.41) is 8.44. The number of benzene rings is 1. The molecule has 1 aromatic rings. The van der Waals surface area contributed by atoms with Gasteiger partial charge in [0.25, 0.3) is 0 Å². The number of aryl methyl sites for hydroxylation is 1. The molecule has 0 saturated heterocycles. The number of ether oxygens (including phenoxy) is 1. The number of carboxylic acids is 1. The molecule has 1 N–H and O–H groups in total. The Balaban J connectivity index is 2.94. The summed E-state index contributed by atoms with van der Waals surface area (Å²) in [6.45, 7) is 3.88. The SMILES string of the molecule is CCc1cccc(C(=O)OC(=O)CC(=O)O)c1CC. The van der Waals surface area contributed by atoms with Crippen molar-refractivity contribution in [3.63, 3.8) is 0 Å². The van der Waals surface area contributed by atoms with Crippen LogP contribution in [0.2, 0.25) is 0 Å². The van der Waals surface area contributed by atoms with E-state index in [2.05, 4.69) is 4.74 Å². The van der Waals surface area contributed by atoms with Gasteiger partial charge in [0, 0.05) is 0 Å². The smallest absolute Gasteiger partial charge is 0.346 e. The van der Waals surface area contributed by atoms with Crippen LogP contribution in [0.3, 0.4) is 0 Å². The van der Waals surface area contributed by atoms with Crippen molar-refractivity contribution in [1.82, 2.24) is 0 Å². The minimum Gasteiger partial charge on any atom is -0.481 e. The second-order valence-electron chi connectivity index (χ2n) is 3.98. The van der Waals surface area contributed by atoms with Gasteiger partial charge in [-0.05, 0) is 30.0 Å². The molecule has 1 rings (SSSR count). The highest BCUT2D eigenvalue weighted by molar-refractivity contribution is 6.01. The second kappa shape index (κ2) is 6.68. The highest BCUT2D eigenvalue weighted by Crippen LogP contribution is 2.17. The molecule has 0 aliphatic carbocycles. The maximum absolute atomic E-state index is 11.8. The minimum absolute atomic E-state index is 0.320. The number of rotatable bonds is 5. The largest absolute Gasteiger partial charge is 0.481 e. The number of carbonyl (C=O) groups excluding carboxylic acids is 2. The fourth-order valence-electron chi connectivity index (χ4n) is 1.89. The standard InChI is InChI=1S/C14H16O5/c1-3-9-6-5-7-11(10(9)4-2)14(18)19-13(17)8-12(15)16/h5-7H,3-4,8H2,1-2H3,(H,15,16). The molecule has 5 nitrogen and oxygen atoms in total. The molecule has 0 heterocycles. The lowest BCUT2D eigenvalue weighted by atomic mass is 9.97. The summed E-state index contributed by atoms with van der Waals surface area (Å²) in [5.74, 6) is -3.17. The van der Waals surface area contributed by atoms with Gasteiger partial charge in [-0.2, -0.15) is 0 Å². The first-order valence-electron chi connectivity index (χ1n) is 6.07. The molecule has 19 heavy (non-hydrogen) atoms. The first-order chi connectivity index (χ1) is 8.99. The van der Waals surface area contributed by atoms with E-state index in [1.807, 2.05) is 19.9 Å². The van der Waals surface area contributed by atoms with E-state index in [1.165, 1.54) is 0 Å². The Kier molecular flexibility index (Phi) is 5.23. The second-order valence-corrected chi connectivity index (χ2v) is 3.98. The van der Waals surface area contributed by atoms with Crippen LogP contribution in [0, 0.1) is 0 Å². The van der Waals surface area contributed by atoms with E-state index in [-0.39, 0.29) is 0 Å². The average Bonchev–Trinajstić information content (AvgIpc) is 2.36. The van der Waals surface area contributed by atoms with E-state index in [0.29, 0.717) is 12.0 Å². The lowest BCUT2D eigenvalue weighted by Crippen LogP contribution is -2.17. The van der Waals surface area contributed by atoms with Crippen LogP contribution >= 0.6 is 0 Å². The summed E-state index contributed by atoms with van der Waals surface area (Å²) >= 11 is 0. The van der Waals surface area contributed by atoms with Gasteiger partial charge < -0.3 is 9.84 Å². The normalized spacial score (nSPS) is 10.0. The van der Waals surface area contributed by atoms with Crippen molar-refractivity contribution >= 4 is 17.9 Å². The average molecular weight is 264 g/mol. The van der Waals surface area contributed by atoms with E-state index < -0.39 is 24.3 Å². The van der Waals surface area contributed by atoms with Crippen molar-refractivity contribution in [1.29, 1.82) is 0 Å². The molecule has 0 spiro atoms. The molecule has 0 amide bonds. The summed E-state index contributed by atoms with van der Waals surface area (Å²) in [5.41, 5.74) is 2.17. The molecule has 1 aromatic carbocycles. The van der Waals surface area contributed by atoms with Crippen LogP contribution in [0.1, 0.15) is 41.8 Å². The van der Waals surface area contributed by atoms with E-state index in [9.17, 15) is 14.4 Å². The first kappa shape index (κ1) is 14.9. The number of carbonyl (C=O) groups is 3. The third kappa shape index (κ3) is 3.91. The molecule has 0 radical (unpaired) electrons. The lowest BCUT2D eigenvalue weighted by Gasteiger charge is -2.10. The van der Waals surface area contributed by atoms with Gasteiger partial charge in [-0.3, -0.25) is 9.59 Å². The third-order valence-electron chi connectivity index (χ3n) is 2.73. The van der Waals surface area contributed by atoms with Crippen LogP contribution in [-0.2, 0) is 27.2 Å². The molecule has 0 unspecified atom stereocenters. The van der Waals surface area contributed by atoms with Gasteiger partial charge in [-0.25, -0.2) is 4.79 Å².